The van der Waals surface area contributed by atoms with Crippen LogP contribution in [0.15, 0.2) is 0 Å². The molecule has 0 rings (SSSR count). The van der Waals surface area contributed by atoms with E-state index in [2.05, 4.69) is 12.2 Å². The first-order valence-corrected chi connectivity index (χ1v) is 17.3. The van der Waals surface area contributed by atoms with E-state index in [0.29, 0.717) is 13.2 Å². The quantitative estimate of drug-likeness (QED) is 0.0694. The number of thioether (sulfide) groups is 1. The molecule has 0 saturated heterocycles. The smallest absolute Gasteiger partial charge is 0.407 e. The summed E-state index contributed by atoms with van der Waals surface area (Å²) in [6.45, 7) is 11.2. The van der Waals surface area contributed by atoms with Crippen molar-refractivity contribution in [1.82, 2.24) is 5.32 Å². The Kier molecular flexibility index (Phi) is 25.4. The van der Waals surface area contributed by atoms with Gasteiger partial charge in [0.05, 0.1) is 17.8 Å². The van der Waals surface area contributed by atoms with Gasteiger partial charge in [-0.1, -0.05) is 128 Å². The van der Waals surface area contributed by atoms with Gasteiger partial charge in [-0.15, -0.1) is 0 Å². The molecule has 6 nitrogen and oxygen atoms in total. The van der Waals surface area contributed by atoms with Gasteiger partial charge in [0, 0.05) is 18.9 Å². The largest absolute Gasteiger partial charge is 0.447 e. The molecule has 0 aliphatic rings. The number of unbranched alkanes of at least 4 members (excludes halogenated alkanes) is 16. The highest BCUT2D eigenvalue weighted by Crippen LogP contribution is 2.19. The van der Waals surface area contributed by atoms with Crippen LogP contribution in [-0.2, 0) is 19.0 Å². The van der Waals surface area contributed by atoms with Crippen LogP contribution in [0.5, 0.6) is 0 Å². The van der Waals surface area contributed by atoms with Gasteiger partial charge in [0.25, 0.3) is 0 Å². The van der Waals surface area contributed by atoms with Gasteiger partial charge in [-0.3, -0.25) is 4.79 Å². The molecule has 1 unspecified atom stereocenters. The molecule has 0 saturated carbocycles. The molecule has 1 atom stereocenters. The van der Waals surface area contributed by atoms with Crippen LogP contribution in [0.3, 0.4) is 0 Å². The average molecular weight is 588 g/mol. The second-order valence-corrected chi connectivity index (χ2v) is 13.7. The fourth-order valence-corrected chi connectivity index (χ4v) is 5.24. The van der Waals surface area contributed by atoms with Crippen LogP contribution in [0.4, 0.5) is 4.79 Å². The number of methoxy groups -OCH3 is 1. The number of rotatable bonds is 29. The Morgan fingerprint density at radius 1 is 0.775 bits per heavy atom. The Bertz CT molecular complexity index is 599. The first-order valence-electron chi connectivity index (χ1n) is 16.3. The second-order valence-electron chi connectivity index (χ2n) is 12.6. The molecule has 0 spiro atoms. The molecule has 1 N–H and O–H groups in total. The zero-order valence-electron chi connectivity index (χ0n) is 27.2. The molecule has 0 aromatic rings. The molecule has 0 aromatic carbocycles. The average Bonchev–Trinajstić information content (AvgIpc) is 2.92. The molecule has 0 aliphatic heterocycles. The van der Waals surface area contributed by atoms with Crippen LogP contribution in [0.2, 0.25) is 0 Å². The van der Waals surface area contributed by atoms with Gasteiger partial charge in [0.15, 0.2) is 5.62 Å². The van der Waals surface area contributed by atoms with Crippen LogP contribution < -0.4 is 5.32 Å². The van der Waals surface area contributed by atoms with Gasteiger partial charge in [-0.25, -0.2) is 4.79 Å². The number of carbonyl (C=O) groups is 2. The van der Waals surface area contributed by atoms with Crippen molar-refractivity contribution in [1.29, 1.82) is 0 Å². The lowest BCUT2D eigenvalue weighted by molar-refractivity contribution is -0.0807. The summed E-state index contributed by atoms with van der Waals surface area (Å²) in [6.07, 6.45) is 24.2. The number of hydrogen-bond acceptors (Lipinski definition) is 6. The third-order valence-corrected chi connectivity index (χ3v) is 8.55. The molecule has 0 aromatic heterocycles. The van der Waals surface area contributed by atoms with Crippen LogP contribution in [-0.4, -0.2) is 55.0 Å². The van der Waals surface area contributed by atoms with Crippen molar-refractivity contribution in [3.8, 4) is 0 Å². The van der Waals surface area contributed by atoms with Gasteiger partial charge in [-0.05, 0) is 40.5 Å². The molecule has 0 fully saturated rings. The summed E-state index contributed by atoms with van der Waals surface area (Å²) in [5.41, 5.74) is 0.0564. The molecule has 0 bridgehead atoms. The highest BCUT2D eigenvalue weighted by Gasteiger charge is 2.24. The standard InChI is InChI=1S/C33H65NO5S/c1-7-8-9-10-11-12-13-14-15-16-17-18-19-20-21-22-23-24-30(40-29-35)27-34-31(36)38-28-33(4,5)39-26-25-32(2,3)37-6/h29-30H,7-28H2,1-6H3,(H,34,36). The topological polar surface area (TPSA) is 73.9 Å². The van der Waals surface area contributed by atoms with Crippen molar-refractivity contribution >= 4 is 23.5 Å². The summed E-state index contributed by atoms with van der Waals surface area (Å²) in [7, 11) is 1.69. The summed E-state index contributed by atoms with van der Waals surface area (Å²) in [4.78, 5) is 23.3. The lowest BCUT2D eigenvalue weighted by Gasteiger charge is -2.28. The third kappa shape index (κ3) is 26.1. The number of carbonyl (C=O) groups excluding carboxylic acids is 2. The van der Waals surface area contributed by atoms with E-state index in [-0.39, 0.29) is 17.5 Å². The molecular weight excluding hydrogens is 522 g/mol. The minimum atomic E-state index is -0.578. The van der Waals surface area contributed by atoms with Crippen LogP contribution in [0.1, 0.15) is 157 Å². The fraction of sp³-hybridized carbons (Fsp3) is 0.939. The van der Waals surface area contributed by atoms with Crippen molar-refractivity contribution in [2.24, 2.45) is 0 Å². The van der Waals surface area contributed by atoms with Gasteiger partial charge >= 0.3 is 6.09 Å². The predicted molar refractivity (Wildman–Crippen MR) is 172 cm³/mol. The monoisotopic (exact) mass is 587 g/mol. The highest BCUT2D eigenvalue weighted by atomic mass is 32.2. The highest BCUT2D eigenvalue weighted by molar-refractivity contribution is 8.12. The lowest BCUT2D eigenvalue weighted by Crippen LogP contribution is -2.38. The van der Waals surface area contributed by atoms with Crippen molar-refractivity contribution in [2.75, 3.05) is 26.9 Å². The van der Waals surface area contributed by atoms with Crippen LogP contribution in [0, 0.1) is 0 Å². The van der Waals surface area contributed by atoms with Crippen molar-refractivity contribution in [2.45, 2.75) is 173 Å². The Labute approximate surface area is 252 Å². The number of alkyl carbamates (subject to hydrolysis) is 1. The molecule has 0 heterocycles. The maximum Gasteiger partial charge on any atom is 0.407 e. The van der Waals surface area contributed by atoms with E-state index >= 15 is 0 Å². The Morgan fingerprint density at radius 3 is 1.70 bits per heavy atom. The Balaban J connectivity index is 3.75. The normalized spacial score (nSPS) is 12.8. The summed E-state index contributed by atoms with van der Waals surface area (Å²) >= 11 is 1.26. The van der Waals surface area contributed by atoms with Gasteiger partial charge in [-0.2, -0.15) is 0 Å². The van der Waals surface area contributed by atoms with Gasteiger partial charge < -0.3 is 19.5 Å². The Hall–Kier alpha value is -0.790. The van der Waals surface area contributed by atoms with E-state index in [4.69, 9.17) is 14.2 Å². The zero-order valence-corrected chi connectivity index (χ0v) is 28.0. The third-order valence-electron chi connectivity index (χ3n) is 7.65. The zero-order chi connectivity index (χ0) is 30.0. The van der Waals surface area contributed by atoms with Gasteiger partial charge in [0.1, 0.15) is 6.61 Å². The number of hydrogen-bond donors (Lipinski definition) is 1. The maximum absolute atomic E-state index is 12.2. The van der Waals surface area contributed by atoms with E-state index in [0.717, 1.165) is 24.9 Å². The molecule has 40 heavy (non-hydrogen) atoms. The molecule has 238 valence electrons. The lowest BCUT2D eigenvalue weighted by atomic mass is 10.0. The van der Waals surface area contributed by atoms with Crippen molar-refractivity contribution in [3.63, 3.8) is 0 Å². The summed E-state index contributed by atoms with van der Waals surface area (Å²) in [5.74, 6) is 0. The van der Waals surface area contributed by atoms with Crippen molar-refractivity contribution < 1.29 is 23.8 Å². The maximum atomic E-state index is 12.2. The number of nitrogens with one attached hydrogen (secondary N) is 1. The number of ether oxygens (including phenoxy) is 3. The molecule has 7 heteroatoms. The van der Waals surface area contributed by atoms with Crippen LogP contribution >= 0.6 is 11.8 Å². The van der Waals surface area contributed by atoms with E-state index in [9.17, 15) is 9.59 Å². The molecule has 1 amide bonds. The minimum absolute atomic E-state index is 0.0851. The van der Waals surface area contributed by atoms with Gasteiger partial charge in [0.2, 0.25) is 0 Å². The Morgan fingerprint density at radius 2 is 1.25 bits per heavy atom. The second kappa shape index (κ2) is 25.9. The summed E-state index contributed by atoms with van der Waals surface area (Å²) < 4.78 is 16.7. The first kappa shape index (κ1) is 39.2. The molecule has 0 radical (unpaired) electrons. The van der Waals surface area contributed by atoms with E-state index in [1.165, 1.54) is 114 Å². The first-order chi connectivity index (χ1) is 19.2. The van der Waals surface area contributed by atoms with E-state index in [1.807, 2.05) is 27.7 Å². The van der Waals surface area contributed by atoms with E-state index < -0.39 is 11.7 Å². The fourth-order valence-electron chi connectivity index (χ4n) is 4.60. The predicted octanol–water partition coefficient (Wildman–Crippen LogP) is 9.66. The van der Waals surface area contributed by atoms with E-state index in [1.54, 1.807) is 7.11 Å². The SMILES string of the molecule is CCCCCCCCCCCCCCCCCCCC(CNC(=O)OCC(C)(C)OCCC(C)(C)OC)SC=O. The van der Waals surface area contributed by atoms with Crippen molar-refractivity contribution in [3.05, 3.63) is 0 Å². The minimum Gasteiger partial charge on any atom is -0.447 e. The molecule has 0 aliphatic carbocycles. The molecular formula is C33H65NO5S. The van der Waals surface area contributed by atoms with Crippen LogP contribution in [0.25, 0.3) is 0 Å². The summed E-state index contributed by atoms with van der Waals surface area (Å²) in [6, 6.07) is 0. The number of amides is 1. The summed E-state index contributed by atoms with van der Waals surface area (Å²) in [5, 5.41) is 2.91.